The lowest BCUT2D eigenvalue weighted by Crippen LogP contribution is -2.37. The molecule has 0 radical (unpaired) electrons. The Hall–Kier alpha value is -2.12. The maximum absolute atomic E-state index is 13.0. The topological polar surface area (TPSA) is 70.7 Å². The summed E-state index contributed by atoms with van der Waals surface area (Å²) in [6.45, 7) is 9.74. The molecule has 1 aromatic rings. The highest BCUT2D eigenvalue weighted by atomic mass is 79.9. The third kappa shape index (κ3) is 6.44. The molecule has 1 heterocycles. The van der Waals surface area contributed by atoms with Crippen molar-refractivity contribution in [3.63, 3.8) is 0 Å². The van der Waals surface area contributed by atoms with Gasteiger partial charge in [0, 0.05) is 54.3 Å². The zero-order valence-electron chi connectivity index (χ0n) is 18.5. The van der Waals surface area contributed by atoms with Gasteiger partial charge in [0.25, 0.3) is 5.91 Å². The van der Waals surface area contributed by atoms with Crippen LogP contribution in [-0.2, 0) is 9.53 Å². The number of benzene rings is 1. The molecule has 1 fully saturated rings. The van der Waals surface area contributed by atoms with Crippen LogP contribution in [0.25, 0.3) is 0 Å². The Kier molecular flexibility index (Phi) is 9.11. The normalized spacial score (nSPS) is 16.0. The second kappa shape index (κ2) is 11.3. The third-order valence-corrected chi connectivity index (χ3v) is 6.07. The van der Waals surface area contributed by atoms with Crippen LogP contribution in [0, 0.1) is 6.92 Å². The van der Waals surface area contributed by atoms with Crippen molar-refractivity contribution in [1.82, 2.24) is 10.6 Å². The van der Waals surface area contributed by atoms with E-state index in [0.29, 0.717) is 24.6 Å². The molecule has 1 aliphatic rings. The minimum atomic E-state index is -0.103. The van der Waals surface area contributed by atoms with Gasteiger partial charge in [-0.05, 0) is 69.9 Å². The lowest BCUT2D eigenvalue weighted by atomic mass is 10.0. The Labute approximate surface area is 187 Å². The fourth-order valence-corrected chi connectivity index (χ4v) is 4.01. The molecule has 30 heavy (non-hydrogen) atoms. The van der Waals surface area contributed by atoms with E-state index in [4.69, 9.17) is 4.74 Å². The third-order valence-electron chi connectivity index (χ3n) is 5.62. The van der Waals surface area contributed by atoms with Gasteiger partial charge in [0.2, 0.25) is 6.41 Å². The SMILES string of the molecule is C/C(=C/C(C)=C(\C)CNC(=O)c1cc(Br)cc(N(C)C2CCOCC2)c1C)NC=O. The van der Waals surface area contributed by atoms with E-state index in [2.05, 4.69) is 44.6 Å². The van der Waals surface area contributed by atoms with Gasteiger partial charge in [0.05, 0.1) is 0 Å². The molecule has 2 rings (SSSR count). The molecule has 1 aromatic carbocycles. The predicted octanol–water partition coefficient (Wildman–Crippen LogP) is 4.09. The summed E-state index contributed by atoms with van der Waals surface area (Å²) in [5.74, 6) is -0.103. The van der Waals surface area contributed by atoms with Crippen molar-refractivity contribution in [2.75, 3.05) is 31.7 Å². The van der Waals surface area contributed by atoms with Crippen molar-refractivity contribution in [2.45, 2.75) is 46.6 Å². The molecule has 2 amide bonds. The van der Waals surface area contributed by atoms with Crippen molar-refractivity contribution in [3.05, 3.63) is 50.7 Å². The first-order valence-corrected chi connectivity index (χ1v) is 11.0. The summed E-state index contributed by atoms with van der Waals surface area (Å²) >= 11 is 3.57. The van der Waals surface area contributed by atoms with Gasteiger partial charge < -0.3 is 20.3 Å². The molecule has 1 aliphatic heterocycles. The fraction of sp³-hybridized carbons (Fsp3) is 0.478. The Morgan fingerprint density at radius 1 is 1.27 bits per heavy atom. The molecule has 0 saturated carbocycles. The second-order valence-corrected chi connectivity index (χ2v) is 8.70. The average molecular weight is 478 g/mol. The van der Waals surface area contributed by atoms with Crippen LogP contribution in [0.5, 0.6) is 0 Å². The highest BCUT2D eigenvalue weighted by Crippen LogP contribution is 2.30. The molecule has 0 spiro atoms. The molecule has 7 heteroatoms. The van der Waals surface area contributed by atoms with E-state index >= 15 is 0 Å². The summed E-state index contributed by atoms with van der Waals surface area (Å²) in [4.78, 5) is 25.8. The largest absolute Gasteiger partial charge is 0.381 e. The van der Waals surface area contributed by atoms with Crippen LogP contribution in [0.3, 0.4) is 0 Å². The molecular weight excluding hydrogens is 446 g/mol. The van der Waals surface area contributed by atoms with Gasteiger partial charge in [-0.1, -0.05) is 21.5 Å². The van der Waals surface area contributed by atoms with E-state index in [1.165, 1.54) is 0 Å². The standard InChI is InChI=1S/C23H32BrN3O3/c1-15(10-17(3)26-14-28)16(2)13-25-23(29)21-11-19(24)12-22(18(21)4)27(5)20-6-8-30-9-7-20/h10-12,14,20H,6-9,13H2,1-5H3,(H,25,29)(H,26,28)/b16-15+,17-10-. The van der Waals surface area contributed by atoms with Gasteiger partial charge in [-0.2, -0.15) is 0 Å². The van der Waals surface area contributed by atoms with Crippen molar-refractivity contribution in [1.29, 1.82) is 0 Å². The number of allylic oxidation sites excluding steroid dienone is 3. The van der Waals surface area contributed by atoms with Gasteiger partial charge >= 0.3 is 0 Å². The Balaban J connectivity index is 2.16. The molecule has 164 valence electrons. The van der Waals surface area contributed by atoms with E-state index < -0.39 is 0 Å². The van der Waals surface area contributed by atoms with Gasteiger partial charge in [-0.25, -0.2) is 0 Å². The summed E-state index contributed by atoms with van der Waals surface area (Å²) in [5.41, 5.74) is 5.49. The van der Waals surface area contributed by atoms with Crippen LogP contribution >= 0.6 is 15.9 Å². The Morgan fingerprint density at radius 2 is 1.93 bits per heavy atom. The number of carbonyl (C=O) groups excluding carboxylic acids is 2. The molecule has 2 N–H and O–H groups in total. The van der Waals surface area contributed by atoms with Crippen LogP contribution < -0.4 is 15.5 Å². The van der Waals surface area contributed by atoms with E-state index in [0.717, 1.165) is 58.6 Å². The molecule has 0 bridgehead atoms. The first-order chi connectivity index (χ1) is 14.2. The second-order valence-electron chi connectivity index (χ2n) is 7.79. The van der Waals surface area contributed by atoms with Crippen LogP contribution in [0.4, 0.5) is 5.69 Å². The van der Waals surface area contributed by atoms with E-state index in [-0.39, 0.29) is 5.91 Å². The number of hydrogen-bond donors (Lipinski definition) is 2. The van der Waals surface area contributed by atoms with Crippen molar-refractivity contribution in [3.8, 4) is 0 Å². The van der Waals surface area contributed by atoms with Crippen molar-refractivity contribution < 1.29 is 14.3 Å². The minimum Gasteiger partial charge on any atom is -0.381 e. The van der Waals surface area contributed by atoms with Crippen molar-refractivity contribution >= 4 is 33.9 Å². The predicted molar refractivity (Wildman–Crippen MR) is 125 cm³/mol. The number of halogens is 1. The number of hydrogen-bond acceptors (Lipinski definition) is 4. The Morgan fingerprint density at radius 3 is 2.57 bits per heavy atom. The lowest BCUT2D eigenvalue weighted by molar-refractivity contribution is -0.108. The summed E-state index contributed by atoms with van der Waals surface area (Å²) in [6.07, 6.45) is 4.51. The first kappa shape index (κ1) is 24.2. The molecule has 0 atom stereocenters. The maximum atomic E-state index is 13.0. The van der Waals surface area contributed by atoms with Crippen LogP contribution in [0.1, 0.15) is 49.5 Å². The zero-order chi connectivity index (χ0) is 22.3. The molecule has 0 aliphatic carbocycles. The van der Waals surface area contributed by atoms with Crippen LogP contribution in [0.2, 0.25) is 0 Å². The number of rotatable bonds is 8. The monoisotopic (exact) mass is 477 g/mol. The quantitative estimate of drug-likeness (QED) is 0.436. The van der Waals surface area contributed by atoms with Gasteiger partial charge in [-0.15, -0.1) is 0 Å². The maximum Gasteiger partial charge on any atom is 0.251 e. The zero-order valence-corrected chi connectivity index (χ0v) is 20.1. The number of carbonyl (C=O) groups is 2. The van der Waals surface area contributed by atoms with Gasteiger partial charge in [-0.3, -0.25) is 9.59 Å². The lowest BCUT2D eigenvalue weighted by Gasteiger charge is -2.34. The van der Waals surface area contributed by atoms with Crippen molar-refractivity contribution in [2.24, 2.45) is 0 Å². The number of nitrogens with zero attached hydrogens (tertiary/aromatic N) is 1. The van der Waals surface area contributed by atoms with Crippen LogP contribution in [-0.4, -0.2) is 45.2 Å². The summed E-state index contributed by atoms with van der Waals surface area (Å²) in [7, 11) is 2.09. The van der Waals surface area contributed by atoms with E-state index in [1.54, 1.807) is 0 Å². The molecule has 0 aromatic heterocycles. The average Bonchev–Trinajstić information content (AvgIpc) is 2.73. The number of anilines is 1. The smallest absolute Gasteiger partial charge is 0.251 e. The van der Waals surface area contributed by atoms with E-state index in [9.17, 15) is 9.59 Å². The van der Waals surface area contributed by atoms with Gasteiger partial charge in [0.15, 0.2) is 0 Å². The number of ether oxygens (including phenoxy) is 1. The first-order valence-electron chi connectivity index (χ1n) is 10.2. The van der Waals surface area contributed by atoms with Gasteiger partial charge in [0.1, 0.15) is 0 Å². The minimum absolute atomic E-state index is 0.103. The highest BCUT2D eigenvalue weighted by Gasteiger charge is 2.22. The number of nitrogens with one attached hydrogen (secondary N) is 2. The highest BCUT2D eigenvalue weighted by molar-refractivity contribution is 9.10. The molecular formula is C23H32BrN3O3. The summed E-state index contributed by atoms with van der Waals surface area (Å²) in [6, 6.07) is 4.35. The molecule has 1 saturated heterocycles. The molecule has 6 nitrogen and oxygen atoms in total. The Bertz CT molecular complexity index is 842. The summed E-state index contributed by atoms with van der Waals surface area (Å²) < 4.78 is 6.37. The number of amides is 2. The van der Waals surface area contributed by atoms with E-state index in [1.807, 2.05) is 39.8 Å². The molecule has 0 unspecified atom stereocenters. The van der Waals surface area contributed by atoms with Crippen LogP contribution in [0.15, 0.2) is 39.5 Å². The fourth-order valence-electron chi connectivity index (χ4n) is 3.57. The summed E-state index contributed by atoms with van der Waals surface area (Å²) in [5, 5.41) is 5.64.